The molecule has 10 heteroatoms. The van der Waals surface area contributed by atoms with Crippen LogP contribution in [0.2, 0.25) is 0 Å². The minimum absolute atomic E-state index is 0.0648. The molecule has 0 radical (unpaired) electrons. The van der Waals surface area contributed by atoms with E-state index < -0.39 is 34.9 Å². The summed E-state index contributed by atoms with van der Waals surface area (Å²) in [5.41, 5.74) is -2.23. The number of amides is 1. The van der Waals surface area contributed by atoms with Crippen LogP contribution in [0.15, 0.2) is 71.7 Å². The first kappa shape index (κ1) is 22.1. The smallest absolute Gasteiger partial charge is 0.322 e. The molecule has 162 valence electrons. The Hall–Kier alpha value is -3.56. The molecule has 0 aliphatic rings. The van der Waals surface area contributed by atoms with E-state index in [0.717, 1.165) is 28.8 Å². The molecule has 0 atom stereocenters. The Morgan fingerprint density at radius 3 is 2.19 bits per heavy atom. The molecule has 0 aliphatic heterocycles. The highest BCUT2D eigenvalue weighted by molar-refractivity contribution is 6.04. The van der Waals surface area contributed by atoms with Gasteiger partial charge in [-0.2, -0.15) is 26.3 Å². The van der Waals surface area contributed by atoms with Crippen LogP contribution in [0.25, 0.3) is 0 Å². The molecule has 4 nitrogen and oxygen atoms in total. The number of carbonyl (C=O) groups is 1. The molecule has 0 aliphatic carbocycles. The molecule has 3 rings (SSSR count). The number of nitrogens with zero attached hydrogens (tertiary/aromatic N) is 1. The Morgan fingerprint density at radius 2 is 1.52 bits per heavy atom. The number of pyridine rings is 1. The zero-order valence-corrected chi connectivity index (χ0v) is 15.6. The quantitative estimate of drug-likeness (QED) is 0.568. The maximum absolute atomic E-state index is 12.9. The van der Waals surface area contributed by atoms with Gasteiger partial charge in [0, 0.05) is 23.5 Å². The molecule has 0 saturated heterocycles. The number of nitrogens with one attached hydrogen (secondary N) is 1. The van der Waals surface area contributed by atoms with Crippen molar-refractivity contribution in [2.75, 3.05) is 5.32 Å². The molecule has 1 heterocycles. The van der Waals surface area contributed by atoms with Gasteiger partial charge in [-0.15, -0.1) is 0 Å². The summed E-state index contributed by atoms with van der Waals surface area (Å²) in [5.74, 6) is -0.711. The third-order valence-electron chi connectivity index (χ3n) is 4.30. The van der Waals surface area contributed by atoms with E-state index in [0.29, 0.717) is 17.8 Å². The lowest BCUT2D eigenvalue weighted by molar-refractivity contribution is -0.138. The third-order valence-corrected chi connectivity index (χ3v) is 4.30. The molecule has 0 spiro atoms. The number of rotatable bonds is 4. The van der Waals surface area contributed by atoms with Crippen molar-refractivity contribution in [2.24, 2.45) is 0 Å². The number of hydrogen-bond acceptors (Lipinski definition) is 2. The zero-order valence-electron chi connectivity index (χ0n) is 15.6. The first-order valence-corrected chi connectivity index (χ1v) is 8.79. The molecular weight excluding hydrogens is 426 g/mol. The van der Waals surface area contributed by atoms with Crippen molar-refractivity contribution in [3.63, 3.8) is 0 Å². The first-order valence-electron chi connectivity index (χ1n) is 8.79. The highest BCUT2D eigenvalue weighted by Crippen LogP contribution is 2.31. The fourth-order valence-electron chi connectivity index (χ4n) is 2.81. The summed E-state index contributed by atoms with van der Waals surface area (Å²) in [4.78, 5) is 24.3. The topological polar surface area (TPSA) is 51.1 Å². The second-order valence-corrected chi connectivity index (χ2v) is 6.61. The second-order valence-electron chi connectivity index (χ2n) is 6.61. The zero-order chi connectivity index (χ0) is 22.8. The average molecular weight is 440 g/mol. The van der Waals surface area contributed by atoms with Crippen molar-refractivity contribution < 1.29 is 31.1 Å². The van der Waals surface area contributed by atoms with Crippen LogP contribution in [0.5, 0.6) is 0 Å². The molecule has 1 N–H and O–H groups in total. The monoisotopic (exact) mass is 440 g/mol. The van der Waals surface area contributed by atoms with E-state index in [1.54, 1.807) is 0 Å². The van der Waals surface area contributed by atoms with E-state index in [9.17, 15) is 35.9 Å². The van der Waals surface area contributed by atoms with Gasteiger partial charge in [-0.3, -0.25) is 9.59 Å². The predicted molar refractivity (Wildman–Crippen MR) is 101 cm³/mol. The molecule has 0 bridgehead atoms. The Morgan fingerprint density at radius 1 is 0.839 bits per heavy atom. The van der Waals surface area contributed by atoms with Crippen LogP contribution in [-0.2, 0) is 18.9 Å². The van der Waals surface area contributed by atoms with E-state index in [1.165, 1.54) is 30.3 Å². The molecular formula is C21H14F6N2O2. The molecule has 0 fully saturated rings. The fraction of sp³-hybridized carbons (Fsp3) is 0.143. The van der Waals surface area contributed by atoms with Crippen LogP contribution in [0.3, 0.4) is 0 Å². The summed E-state index contributed by atoms with van der Waals surface area (Å²) < 4.78 is 77.9. The van der Waals surface area contributed by atoms with Crippen molar-refractivity contribution >= 4 is 11.6 Å². The minimum atomic E-state index is -4.62. The largest absolute Gasteiger partial charge is 0.417 e. The van der Waals surface area contributed by atoms with Crippen molar-refractivity contribution in [3.8, 4) is 0 Å². The minimum Gasteiger partial charge on any atom is -0.322 e. The standard InChI is InChI=1S/C21H14F6N2O2/c22-20(23,24)15-5-2-6-17(10-15)28-19(31)14-4-1-3-13(9-14)11-29-12-16(21(25,26)27)7-8-18(29)30/h1-10,12H,11H2,(H,28,31). The maximum Gasteiger partial charge on any atom is 0.417 e. The lowest BCUT2D eigenvalue weighted by atomic mass is 10.1. The van der Waals surface area contributed by atoms with E-state index in [4.69, 9.17) is 0 Å². The van der Waals surface area contributed by atoms with E-state index in [1.807, 2.05) is 0 Å². The number of aromatic nitrogens is 1. The highest BCUT2D eigenvalue weighted by atomic mass is 19.4. The molecule has 0 saturated carbocycles. The summed E-state index contributed by atoms with van der Waals surface area (Å²) in [6, 6.07) is 11.3. The number of anilines is 1. The van der Waals surface area contributed by atoms with Crippen molar-refractivity contribution in [2.45, 2.75) is 18.9 Å². The van der Waals surface area contributed by atoms with Crippen molar-refractivity contribution in [3.05, 3.63) is 99.5 Å². The van der Waals surface area contributed by atoms with Crippen LogP contribution < -0.4 is 10.9 Å². The van der Waals surface area contributed by atoms with Gasteiger partial charge in [0.05, 0.1) is 17.7 Å². The normalized spacial score (nSPS) is 11.9. The molecule has 3 aromatic rings. The summed E-state index contributed by atoms with van der Waals surface area (Å²) in [6.45, 7) is -0.229. The summed E-state index contributed by atoms with van der Waals surface area (Å²) in [7, 11) is 0. The fourth-order valence-corrected chi connectivity index (χ4v) is 2.81. The Kier molecular flexibility index (Phi) is 5.92. The Balaban J connectivity index is 1.81. The van der Waals surface area contributed by atoms with Crippen LogP contribution in [0.4, 0.5) is 32.0 Å². The second kappa shape index (κ2) is 8.29. The van der Waals surface area contributed by atoms with Gasteiger partial charge in [0.25, 0.3) is 11.5 Å². The summed E-state index contributed by atoms with van der Waals surface area (Å²) in [5, 5.41) is 2.35. The summed E-state index contributed by atoms with van der Waals surface area (Å²) in [6.07, 6.45) is -8.52. The first-order chi connectivity index (χ1) is 14.4. The number of halogens is 6. The van der Waals surface area contributed by atoms with E-state index >= 15 is 0 Å². The average Bonchev–Trinajstić information content (AvgIpc) is 2.68. The Labute approximate surface area is 171 Å². The highest BCUT2D eigenvalue weighted by Gasteiger charge is 2.31. The van der Waals surface area contributed by atoms with Gasteiger partial charge in [0.2, 0.25) is 0 Å². The lowest BCUT2D eigenvalue weighted by Gasteiger charge is -2.12. The van der Waals surface area contributed by atoms with Crippen LogP contribution in [0.1, 0.15) is 27.0 Å². The van der Waals surface area contributed by atoms with Crippen LogP contribution in [-0.4, -0.2) is 10.5 Å². The third kappa shape index (κ3) is 5.53. The number of hydrogen-bond donors (Lipinski definition) is 1. The van der Waals surface area contributed by atoms with Gasteiger partial charge in [-0.05, 0) is 42.0 Å². The van der Waals surface area contributed by atoms with Crippen LogP contribution >= 0.6 is 0 Å². The van der Waals surface area contributed by atoms with Gasteiger partial charge in [0.15, 0.2) is 0 Å². The number of carbonyl (C=O) groups excluding carboxylic acids is 1. The van der Waals surface area contributed by atoms with Gasteiger partial charge in [-0.1, -0.05) is 18.2 Å². The van der Waals surface area contributed by atoms with E-state index in [-0.39, 0.29) is 17.8 Å². The van der Waals surface area contributed by atoms with Gasteiger partial charge < -0.3 is 9.88 Å². The Bertz CT molecular complexity index is 1170. The van der Waals surface area contributed by atoms with Gasteiger partial charge >= 0.3 is 12.4 Å². The number of benzene rings is 2. The van der Waals surface area contributed by atoms with Gasteiger partial charge in [0.1, 0.15) is 0 Å². The molecule has 1 aromatic heterocycles. The summed E-state index contributed by atoms with van der Waals surface area (Å²) >= 11 is 0. The number of alkyl halides is 6. The van der Waals surface area contributed by atoms with Crippen molar-refractivity contribution in [1.82, 2.24) is 4.57 Å². The molecule has 1 amide bonds. The lowest BCUT2D eigenvalue weighted by Crippen LogP contribution is -2.22. The molecule has 31 heavy (non-hydrogen) atoms. The maximum atomic E-state index is 12.9. The van der Waals surface area contributed by atoms with E-state index in [2.05, 4.69) is 5.32 Å². The van der Waals surface area contributed by atoms with Crippen molar-refractivity contribution in [1.29, 1.82) is 0 Å². The van der Waals surface area contributed by atoms with Gasteiger partial charge in [-0.25, -0.2) is 0 Å². The predicted octanol–water partition coefficient (Wildman–Crippen LogP) is 5.19. The van der Waals surface area contributed by atoms with Crippen LogP contribution in [0, 0.1) is 0 Å². The molecule has 0 unspecified atom stereocenters. The molecule has 2 aromatic carbocycles. The SMILES string of the molecule is O=C(Nc1cccc(C(F)(F)F)c1)c1cccc(Cn2cc(C(F)(F)F)ccc2=O)c1.